The molecule has 1 aliphatic rings. The molecule has 3 N–H and O–H groups in total. The molecule has 0 fully saturated rings. The first-order valence-corrected chi connectivity index (χ1v) is 9.65. The quantitative estimate of drug-likeness (QED) is 0.565. The fraction of sp³-hybridized carbons (Fsp3) is 0.0500. The number of ketones is 1. The molecule has 0 spiro atoms. The van der Waals surface area contributed by atoms with Crippen molar-refractivity contribution in [3.05, 3.63) is 89.2 Å². The molecule has 7 heteroatoms. The van der Waals surface area contributed by atoms with E-state index < -0.39 is 16.9 Å². The molecule has 0 atom stereocenters. The molecule has 5 nitrogen and oxygen atoms in total. The van der Waals surface area contributed by atoms with Crippen LogP contribution in [0.25, 0.3) is 11.1 Å². The second-order valence-electron chi connectivity index (χ2n) is 6.12. The van der Waals surface area contributed by atoms with E-state index in [1.54, 1.807) is 48.5 Å². The molecule has 0 aromatic heterocycles. The second-order valence-corrected chi connectivity index (χ2v) is 7.56. The van der Waals surface area contributed by atoms with Crippen LogP contribution >= 0.6 is 11.1 Å². The molecular weight excluding hydrogens is 369 g/mol. The van der Waals surface area contributed by atoms with E-state index in [1.807, 2.05) is 6.07 Å². The van der Waals surface area contributed by atoms with Gasteiger partial charge in [0.15, 0.2) is 11.5 Å². The highest BCUT2D eigenvalue weighted by Crippen LogP contribution is 2.47. The van der Waals surface area contributed by atoms with Crippen LogP contribution in [0, 0.1) is 5.82 Å². The van der Waals surface area contributed by atoms with Crippen molar-refractivity contribution in [2.24, 2.45) is 0 Å². The summed E-state index contributed by atoms with van der Waals surface area (Å²) in [7, 11) is 0. The highest BCUT2D eigenvalue weighted by atomic mass is 32.3. The number of nitrogens with one attached hydrogen (secondary N) is 1. The predicted octanol–water partition coefficient (Wildman–Crippen LogP) is 4.79. The van der Waals surface area contributed by atoms with Gasteiger partial charge in [-0.05, 0) is 17.7 Å². The fourth-order valence-corrected chi connectivity index (χ4v) is 3.80. The zero-order valence-electron chi connectivity index (χ0n) is 14.1. The zero-order chi connectivity index (χ0) is 19.0. The molecule has 0 aliphatic carbocycles. The molecule has 3 aromatic carbocycles. The van der Waals surface area contributed by atoms with Gasteiger partial charge >= 0.3 is 0 Å². The van der Waals surface area contributed by atoms with Crippen molar-refractivity contribution >= 4 is 16.8 Å². The molecule has 0 saturated carbocycles. The molecule has 4 rings (SSSR count). The lowest BCUT2D eigenvalue weighted by Gasteiger charge is -2.34. The number of hydrogen-bond donors (Lipinski definition) is 3. The summed E-state index contributed by atoms with van der Waals surface area (Å²) >= 11 is -3.42. The van der Waals surface area contributed by atoms with Gasteiger partial charge in [0.1, 0.15) is 5.82 Å². The standard InChI is InChI=1S/C20H16FNO4S/c21-17-10-16-12-22-27(24,25)26-20(16)18(11-17)13-6-8-15(9-7-13)19(23)14-4-2-1-3-5-14/h1-11,22,24-25H,12H2. The Hall–Kier alpha value is -2.71. The van der Waals surface area contributed by atoms with Crippen LogP contribution in [0.3, 0.4) is 0 Å². The molecule has 1 aliphatic heterocycles. The second kappa shape index (κ2) is 6.79. The summed E-state index contributed by atoms with van der Waals surface area (Å²) in [6, 6.07) is 18.1. The molecule has 3 aromatic rings. The molecule has 0 bridgehead atoms. The Morgan fingerprint density at radius 3 is 2.37 bits per heavy atom. The zero-order valence-corrected chi connectivity index (χ0v) is 14.9. The molecule has 0 radical (unpaired) electrons. The van der Waals surface area contributed by atoms with E-state index in [9.17, 15) is 18.3 Å². The Balaban J connectivity index is 1.71. The lowest BCUT2D eigenvalue weighted by atomic mass is 9.97. The first-order valence-electron chi connectivity index (χ1n) is 8.18. The van der Waals surface area contributed by atoms with Gasteiger partial charge in [-0.15, -0.1) is 0 Å². The van der Waals surface area contributed by atoms with Crippen molar-refractivity contribution in [1.82, 2.24) is 4.72 Å². The van der Waals surface area contributed by atoms with E-state index in [1.165, 1.54) is 12.1 Å². The summed E-state index contributed by atoms with van der Waals surface area (Å²) in [6.07, 6.45) is 0. The summed E-state index contributed by atoms with van der Waals surface area (Å²) in [4.78, 5) is 12.5. The predicted molar refractivity (Wildman–Crippen MR) is 102 cm³/mol. The number of carbonyl (C=O) groups excluding carboxylic acids is 1. The number of fused-ring (bicyclic) bond motifs is 1. The van der Waals surface area contributed by atoms with Crippen LogP contribution in [0.5, 0.6) is 5.75 Å². The Labute approximate surface area is 157 Å². The van der Waals surface area contributed by atoms with E-state index in [0.717, 1.165) is 0 Å². The van der Waals surface area contributed by atoms with Crippen molar-refractivity contribution in [3.63, 3.8) is 0 Å². The summed E-state index contributed by atoms with van der Waals surface area (Å²) in [5.74, 6) is -0.354. The van der Waals surface area contributed by atoms with Gasteiger partial charge in [0.05, 0.1) is 0 Å². The van der Waals surface area contributed by atoms with Crippen LogP contribution < -0.4 is 8.91 Å². The monoisotopic (exact) mass is 385 g/mol. The van der Waals surface area contributed by atoms with Gasteiger partial charge in [-0.3, -0.25) is 13.9 Å². The number of benzene rings is 3. The minimum atomic E-state index is -3.42. The van der Waals surface area contributed by atoms with E-state index in [-0.39, 0.29) is 18.1 Å². The summed E-state index contributed by atoms with van der Waals surface area (Å²) in [5.41, 5.74) is 2.57. The average Bonchev–Trinajstić information content (AvgIpc) is 2.68. The summed E-state index contributed by atoms with van der Waals surface area (Å²) < 4.78 is 41.2. The van der Waals surface area contributed by atoms with Gasteiger partial charge in [-0.1, -0.05) is 54.6 Å². The number of hydrogen-bond acceptors (Lipinski definition) is 5. The van der Waals surface area contributed by atoms with Gasteiger partial charge in [0, 0.05) is 28.8 Å². The van der Waals surface area contributed by atoms with Crippen molar-refractivity contribution in [2.45, 2.75) is 6.54 Å². The molecule has 0 saturated heterocycles. The van der Waals surface area contributed by atoms with Gasteiger partial charge in [0.25, 0.3) is 0 Å². The Morgan fingerprint density at radius 1 is 1.00 bits per heavy atom. The summed E-state index contributed by atoms with van der Waals surface area (Å²) in [6.45, 7) is 0.0764. The van der Waals surface area contributed by atoms with Crippen molar-refractivity contribution in [3.8, 4) is 16.9 Å². The topological polar surface area (TPSA) is 78.8 Å². The van der Waals surface area contributed by atoms with Gasteiger partial charge in [0.2, 0.25) is 11.1 Å². The fourth-order valence-electron chi connectivity index (χ4n) is 2.97. The van der Waals surface area contributed by atoms with Crippen LogP contribution in [0.2, 0.25) is 0 Å². The van der Waals surface area contributed by atoms with Crippen LogP contribution in [-0.2, 0) is 6.54 Å². The Kier molecular flexibility index (Phi) is 4.45. The Morgan fingerprint density at radius 2 is 1.67 bits per heavy atom. The normalized spacial score (nSPS) is 16.1. The highest BCUT2D eigenvalue weighted by Gasteiger charge is 2.29. The van der Waals surface area contributed by atoms with Gasteiger partial charge in [-0.25, -0.2) is 9.11 Å². The molecule has 27 heavy (non-hydrogen) atoms. The number of carbonyl (C=O) groups is 1. The van der Waals surface area contributed by atoms with E-state index in [0.29, 0.717) is 27.8 Å². The largest absolute Gasteiger partial charge is 0.391 e. The van der Waals surface area contributed by atoms with Crippen molar-refractivity contribution in [1.29, 1.82) is 0 Å². The maximum absolute atomic E-state index is 14.0. The molecular formula is C20H16FNO4S. The van der Waals surface area contributed by atoms with Crippen LogP contribution in [0.4, 0.5) is 4.39 Å². The van der Waals surface area contributed by atoms with E-state index in [2.05, 4.69) is 4.72 Å². The van der Waals surface area contributed by atoms with Crippen LogP contribution in [0.1, 0.15) is 21.5 Å². The molecule has 1 heterocycles. The summed E-state index contributed by atoms with van der Waals surface area (Å²) in [5, 5.41) is 0. The maximum atomic E-state index is 14.0. The third kappa shape index (κ3) is 3.58. The third-order valence-corrected chi connectivity index (χ3v) is 5.19. The lowest BCUT2D eigenvalue weighted by Crippen LogP contribution is -2.29. The third-order valence-electron chi connectivity index (χ3n) is 4.27. The van der Waals surface area contributed by atoms with Crippen molar-refractivity contribution < 1.29 is 22.5 Å². The first-order chi connectivity index (χ1) is 12.9. The minimum Gasteiger partial charge on any atom is -0.391 e. The van der Waals surface area contributed by atoms with Crippen molar-refractivity contribution in [2.75, 3.05) is 0 Å². The lowest BCUT2D eigenvalue weighted by molar-refractivity contribution is 0.103. The maximum Gasteiger partial charge on any atom is 0.203 e. The number of halogens is 1. The smallest absolute Gasteiger partial charge is 0.203 e. The highest BCUT2D eigenvalue weighted by molar-refractivity contribution is 8.18. The molecule has 0 unspecified atom stereocenters. The van der Waals surface area contributed by atoms with E-state index in [4.69, 9.17) is 4.18 Å². The minimum absolute atomic E-state index is 0.0764. The SMILES string of the molecule is O=C(c1ccccc1)c1ccc(-c2cc(F)cc3c2OS(O)(O)NC3)cc1. The average molecular weight is 385 g/mol. The van der Waals surface area contributed by atoms with Crippen LogP contribution in [-0.4, -0.2) is 14.9 Å². The Bertz CT molecular complexity index is 1010. The first kappa shape index (κ1) is 17.7. The van der Waals surface area contributed by atoms with Gasteiger partial charge < -0.3 is 4.18 Å². The molecule has 0 amide bonds. The van der Waals surface area contributed by atoms with Gasteiger partial charge in [-0.2, -0.15) is 0 Å². The number of rotatable bonds is 3. The molecule has 138 valence electrons. The van der Waals surface area contributed by atoms with Crippen LogP contribution in [0.15, 0.2) is 66.7 Å². The van der Waals surface area contributed by atoms with E-state index >= 15 is 0 Å².